The molecule has 3 aromatic rings. The Kier molecular flexibility index (Phi) is 3.27. The molecule has 0 aliphatic carbocycles. The van der Waals surface area contributed by atoms with Gasteiger partial charge in [-0.15, -0.1) is 0 Å². The Balaban J connectivity index is 1.82. The maximum atomic E-state index is 4.73. The number of piperazine rings is 1. The Bertz CT molecular complexity index is 802. The number of aryl methyl sites for hydroxylation is 1. The highest BCUT2D eigenvalue weighted by atomic mass is 15.3. The molecule has 112 valence electrons. The van der Waals surface area contributed by atoms with Crippen LogP contribution in [0.2, 0.25) is 0 Å². The predicted molar refractivity (Wildman–Crippen MR) is 88.2 cm³/mol. The molecular weight excluding hydrogens is 274 g/mol. The highest BCUT2D eigenvalue weighted by molar-refractivity contribution is 5.76. The summed E-state index contributed by atoms with van der Waals surface area (Å²) in [6, 6.07) is 10.5. The molecule has 1 N–H and O–H groups in total. The van der Waals surface area contributed by atoms with E-state index in [0.717, 1.165) is 43.2 Å². The average molecular weight is 293 g/mol. The van der Waals surface area contributed by atoms with E-state index in [1.807, 2.05) is 16.9 Å². The molecule has 1 aliphatic heterocycles. The largest absolute Gasteiger partial charge is 0.352 e. The van der Waals surface area contributed by atoms with Crippen molar-refractivity contribution in [1.82, 2.24) is 19.9 Å². The number of fused-ring (bicyclic) bond motifs is 1. The lowest BCUT2D eigenvalue weighted by Crippen LogP contribution is -2.44. The molecule has 4 rings (SSSR count). The highest BCUT2D eigenvalue weighted by Crippen LogP contribution is 2.27. The number of nitrogens with zero attached hydrogens (tertiary/aromatic N) is 4. The SMILES string of the molecule is Cc1ccccc1-c1cc2c(N3CCNCC3)nccn2n1. The molecule has 1 aromatic carbocycles. The third-order valence-corrected chi connectivity index (χ3v) is 4.21. The Labute approximate surface area is 129 Å². The number of benzene rings is 1. The van der Waals surface area contributed by atoms with E-state index in [0.29, 0.717) is 0 Å². The second-order valence-corrected chi connectivity index (χ2v) is 5.66. The van der Waals surface area contributed by atoms with Crippen molar-refractivity contribution >= 4 is 11.3 Å². The molecule has 0 unspecified atom stereocenters. The lowest BCUT2D eigenvalue weighted by atomic mass is 10.1. The Hall–Kier alpha value is -2.40. The average Bonchev–Trinajstić information content (AvgIpc) is 3.00. The van der Waals surface area contributed by atoms with Gasteiger partial charge in [-0.05, 0) is 18.6 Å². The van der Waals surface area contributed by atoms with Gasteiger partial charge < -0.3 is 10.2 Å². The zero-order chi connectivity index (χ0) is 14.9. The van der Waals surface area contributed by atoms with Crippen LogP contribution in [0.1, 0.15) is 5.56 Å². The summed E-state index contributed by atoms with van der Waals surface area (Å²) in [7, 11) is 0. The molecule has 1 saturated heterocycles. The number of nitrogens with one attached hydrogen (secondary N) is 1. The lowest BCUT2D eigenvalue weighted by Gasteiger charge is -2.28. The molecular formula is C17H19N5. The molecule has 0 bridgehead atoms. The molecule has 5 nitrogen and oxygen atoms in total. The third kappa shape index (κ3) is 2.23. The second kappa shape index (κ2) is 5.42. The van der Waals surface area contributed by atoms with E-state index in [4.69, 9.17) is 5.10 Å². The van der Waals surface area contributed by atoms with Crippen molar-refractivity contribution in [2.24, 2.45) is 0 Å². The number of hydrogen-bond acceptors (Lipinski definition) is 4. The summed E-state index contributed by atoms with van der Waals surface area (Å²) in [5, 5.41) is 8.11. The first kappa shape index (κ1) is 13.3. The predicted octanol–water partition coefficient (Wildman–Crippen LogP) is 2.11. The van der Waals surface area contributed by atoms with Crippen molar-refractivity contribution in [2.45, 2.75) is 6.92 Å². The summed E-state index contributed by atoms with van der Waals surface area (Å²) < 4.78 is 1.94. The fraction of sp³-hybridized carbons (Fsp3) is 0.294. The van der Waals surface area contributed by atoms with Crippen molar-refractivity contribution in [2.75, 3.05) is 31.1 Å². The van der Waals surface area contributed by atoms with E-state index >= 15 is 0 Å². The van der Waals surface area contributed by atoms with Gasteiger partial charge in [0, 0.05) is 44.1 Å². The number of aromatic nitrogens is 3. The summed E-state index contributed by atoms with van der Waals surface area (Å²) in [6.45, 7) is 6.09. The minimum atomic E-state index is 0.984. The molecule has 0 saturated carbocycles. The topological polar surface area (TPSA) is 45.5 Å². The molecule has 1 aliphatic rings. The monoisotopic (exact) mass is 293 g/mol. The van der Waals surface area contributed by atoms with Gasteiger partial charge in [0.1, 0.15) is 5.52 Å². The number of rotatable bonds is 2. The van der Waals surface area contributed by atoms with Gasteiger partial charge in [-0.2, -0.15) is 5.10 Å². The van der Waals surface area contributed by atoms with Crippen LogP contribution in [0.15, 0.2) is 42.7 Å². The zero-order valence-corrected chi connectivity index (χ0v) is 12.7. The number of hydrogen-bond donors (Lipinski definition) is 1. The summed E-state index contributed by atoms with van der Waals surface area (Å²) in [4.78, 5) is 6.93. The summed E-state index contributed by atoms with van der Waals surface area (Å²) in [5.41, 5.74) is 4.49. The van der Waals surface area contributed by atoms with Crippen LogP contribution in [0.3, 0.4) is 0 Å². The molecule has 3 heterocycles. The van der Waals surface area contributed by atoms with Crippen molar-refractivity contribution in [1.29, 1.82) is 0 Å². The van der Waals surface area contributed by atoms with E-state index < -0.39 is 0 Å². The van der Waals surface area contributed by atoms with Gasteiger partial charge in [0.05, 0.1) is 5.69 Å². The minimum Gasteiger partial charge on any atom is -0.352 e. The summed E-state index contributed by atoms with van der Waals surface area (Å²) >= 11 is 0. The zero-order valence-electron chi connectivity index (χ0n) is 12.7. The van der Waals surface area contributed by atoms with Crippen LogP contribution in [0.25, 0.3) is 16.8 Å². The molecule has 0 amide bonds. The van der Waals surface area contributed by atoms with Gasteiger partial charge in [-0.3, -0.25) is 0 Å². The van der Waals surface area contributed by atoms with Gasteiger partial charge in [0.25, 0.3) is 0 Å². The number of anilines is 1. The maximum absolute atomic E-state index is 4.73. The van der Waals surface area contributed by atoms with Gasteiger partial charge in [0.15, 0.2) is 5.82 Å². The van der Waals surface area contributed by atoms with Crippen LogP contribution < -0.4 is 10.2 Å². The molecule has 5 heteroatoms. The van der Waals surface area contributed by atoms with Crippen molar-refractivity contribution < 1.29 is 0 Å². The normalized spacial score (nSPS) is 15.4. The van der Waals surface area contributed by atoms with Crippen molar-refractivity contribution in [3.05, 3.63) is 48.3 Å². The van der Waals surface area contributed by atoms with E-state index in [-0.39, 0.29) is 0 Å². The third-order valence-electron chi connectivity index (χ3n) is 4.21. The minimum absolute atomic E-state index is 0.984. The Morgan fingerprint density at radius 1 is 1.14 bits per heavy atom. The van der Waals surface area contributed by atoms with E-state index in [1.54, 1.807) is 0 Å². The van der Waals surface area contributed by atoms with Crippen LogP contribution in [0, 0.1) is 6.92 Å². The van der Waals surface area contributed by atoms with E-state index in [9.17, 15) is 0 Å². The van der Waals surface area contributed by atoms with Crippen LogP contribution in [0.4, 0.5) is 5.82 Å². The van der Waals surface area contributed by atoms with Crippen molar-refractivity contribution in [3.8, 4) is 11.3 Å². The van der Waals surface area contributed by atoms with Gasteiger partial charge in [-0.1, -0.05) is 24.3 Å². The fourth-order valence-corrected chi connectivity index (χ4v) is 3.02. The molecule has 0 atom stereocenters. The molecule has 0 spiro atoms. The van der Waals surface area contributed by atoms with Crippen LogP contribution in [-0.4, -0.2) is 40.8 Å². The standard InChI is InChI=1S/C17H19N5/c1-13-4-2-3-5-14(13)15-12-16-17(19-8-11-22(16)20-15)21-9-6-18-7-10-21/h2-5,8,11-12,18H,6-7,9-10H2,1H3. The maximum Gasteiger partial charge on any atom is 0.154 e. The Morgan fingerprint density at radius 2 is 1.95 bits per heavy atom. The molecule has 22 heavy (non-hydrogen) atoms. The first-order valence-electron chi connectivity index (χ1n) is 7.69. The van der Waals surface area contributed by atoms with Gasteiger partial charge in [-0.25, -0.2) is 9.50 Å². The molecule has 0 radical (unpaired) electrons. The lowest BCUT2D eigenvalue weighted by molar-refractivity contribution is 0.585. The second-order valence-electron chi connectivity index (χ2n) is 5.66. The first-order valence-corrected chi connectivity index (χ1v) is 7.69. The first-order chi connectivity index (χ1) is 10.8. The molecule has 1 fully saturated rings. The van der Waals surface area contributed by atoms with Crippen LogP contribution >= 0.6 is 0 Å². The fourth-order valence-electron chi connectivity index (χ4n) is 3.02. The Morgan fingerprint density at radius 3 is 2.77 bits per heavy atom. The van der Waals surface area contributed by atoms with Crippen LogP contribution in [0.5, 0.6) is 0 Å². The van der Waals surface area contributed by atoms with Crippen LogP contribution in [-0.2, 0) is 0 Å². The quantitative estimate of drug-likeness (QED) is 0.786. The van der Waals surface area contributed by atoms with E-state index in [2.05, 4.69) is 52.5 Å². The smallest absolute Gasteiger partial charge is 0.154 e. The van der Waals surface area contributed by atoms with Gasteiger partial charge in [0.2, 0.25) is 0 Å². The molecule has 2 aromatic heterocycles. The van der Waals surface area contributed by atoms with Gasteiger partial charge >= 0.3 is 0 Å². The summed E-state index contributed by atoms with van der Waals surface area (Å²) in [6.07, 6.45) is 3.75. The van der Waals surface area contributed by atoms with E-state index in [1.165, 1.54) is 11.1 Å². The highest BCUT2D eigenvalue weighted by Gasteiger charge is 2.17. The summed E-state index contributed by atoms with van der Waals surface area (Å²) in [5.74, 6) is 1.02. The van der Waals surface area contributed by atoms with Crippen molar-refractivity contribution in [3.63, 3.8) is 0 Å².